The number of hydrogen-bond acceptors (Lipinski definition) is 8. The summed E-state index contributed by atoms with van der Waals surface area (Å²) < 4.78 is 39.1. The molecule has 0 unspecified atom stereocenters. The number of amides is 2. The molecule has 3 atom stereocenters. The van der Waals surface area contributed by atoms with Crippen LogP contribution in [0.1, 0.15) is 25.8 Å². The molecule has 1 saturated heterocycles. The van der Waals surface area contributed by atoms with Crippen LogP contribution in [0.25, 0.3) is 0 Å². The van der Waals surface area contributed by atoms with Gasteiger partial charge >= 0.3 is 0 Å². The summed E-state index contributed by atoms with van der Waals surface area (Å²) in [4.78, 5) is 26.7. The molecule has 226 valence electrons. The number of nitrogens with zero attached hydrogens (tertiary/aromatic N) is 2. The highest BCUT2D eigenvalue weighted by Gasteiger charge is 2.32. The van der Waals surface area contributed by atoms with Gasteiger partial charge in [-0.15, -0.1) is 0 Å². The van der Waals surface area contributed by atoms with Crippen molar-refractivity contribution in [1.82, 2.24) is 14.5 Å². The van der Waals surface area contributed by atoms with Crippen LogP contribution in [0.3, 0.4) is 0 Å². The van der Waals surface area contributed by atoms with Crippen LogP contribution < -0.4 is 15.8 Å². The summed E-state index contributed by atoms with van der Waals surface area (Å²) in [6, 6.07) is 14.5. The topological polar surface area (TPSA) is 151 Å². The fourth-order valence-corrected chi connectivity index (χ4v) is 6.44. The van der Waals surface area contributed by atoms with E-state index in [-0.39, 0.29) is 49.5 Å². The van der Waals surface area contributed by atoms with E-state index in [2.05, 4.69) is 5.32 Å². The summed E-state index contributed by atoms with van der Waals surface area (Å²) >= 11 is 0. The molecule has 3 rings (SSSR count). The SMILES string of the molecule is COc1ccc(S(=O)(=O)N(CC(C)C)C[C@@H](O)[C@H](Cc2ccccc2)NC(=O)CN(CC(N)=O)[C@@H]2CCOC2)cc1. The highest BCUT2D eigenvalue weighted by atomic mass is 32.2. The van der Waals surface area contributed by atoms with E-state index < -0.39 is 34.0 Å². The highest BCUT2D eigenvalue weighted by Crippen LogP contribution is 2.22. The van der Waals surface area contributed by atoms with Crippen molar-refractivity contribution in [3.8, 4) is 5.75 Å². The third-order valence-corrected chi connectivity index (χ3v) is 8.74. The molecule has 41 heavy (non-hydrogen) atoms. The van der Waals surface area contributed by atoms with E-state index in [0.717, 1.165) is 5.56 Å². The van der Waals surface area contributed by atoms with Gasteiger partial charge in [0.1, 0.15) is 5.75 Å². The highest BCUT2D eigenvalue weighted by molar-refractivity contribution is 7.89. The maximum absolute atomic E-state index is 13.6. The Morgan fingerprint density at radius 3 is 2.34 bits per heavy atom. The van der Waals surface area contributed by atoms with E-state index in [4.69, 9.17) is 15.2 Å². The summed E-state index contributed by atoms with van der Waals surface area (Å²) in [6.45, 7) is 4.44. The van der Waals surface area contributed by atoms with Crippen molar-refractivity contribution in [2.45, 2.75) is 49.8 Å². The monoisotopic (exact) mass is 590 g/mol. The molecule has 12 heteroatoms. The standard InChI is InChI=1S/C29H42N4O7S/c1-21(2)16-33(41(37,38)25-11-9-24(39-3)10-12-25)17-27(34)26(15-22-7-5-4-6-8-22)31-29(36)19-32(18-28(30)35)23-13-14-40-20-23/h4-12,21,23,26-27,34H,13-20H2,1-3H3,(H2,30,35)(H,31,36)/t23-,26+,27-/m1/s1. The van der Waals surface area contributed by atoms with Crippen LogP contribution >= 0.6 is 0 Å². The molecular formula is C29H42N4O7S. The summed E-state index contributed by atoms with van der Waals surface area (Å²) in [5, 5.41) is 14.3. The van der Waals surface area contributed by atoms with Gasteiger partial charge in [0.25, 0.3) is 0 Å². The number of nitrogens with one attached hydrogen (secondary N) is 1. The maximum Gasteiger partial charge on any atom is 0.243 e. The van der Waals surface area contributed by atoms with Crippen molar-refractivity contribution in [3.63, 3.8) is 0 Å². The second-order valence-corrected chi connectivity index (χ2v) is 12.6. The summed E-state index contributed by atoms with van der Waals surface area (Å²) in [7, 11) is -2.46. The Morgan fingerprint density at radius 1 is 1.10 bits per heavy atom. The average molecular weight is 591 g/mol. The van der Waals surface area contributed by atoms with E-state index in [1.54, 1.807) is 17.0 Å². The number of nitrogens with two attached hydrogens (primary N) is 1. The van der Waals surface area contributed by atoms with Crippen LogP contribution in [0.5, 0.6) is 5.75 Å². The molecular weight excluding hydrogens is 548 g/mol. The maximum atomic E-state index is 13.6. The molecule has 0 radical (unpaired) electrons. The van der Waals surface area contributed by atoms with Crippen molar-refractivity contribution < 1.29 is 32.6 Å². The number of carbonyl (C=O) groups is 2. The molecule has 0 bridgehead atoms. The minimum Gasteiger partial charge on any atom is -0.497 e. The quantitative estimate of drug-likeness (QED) is 0.262. The third kappa shape index (κ3) is 9.79. The zero-order valence-corrected chi connectivity index (χ0v) is 24.8. The normalized spacial score (nSPS) is 17.1. The Hall–Kier alpha value is -3.03. The van der Waals surface area contributed by atoms with E-state index in [1.807, 2.05) is 44.2 Å². The lowest BCUT2D eigenvalue weighted by Crippen LogP contribution is -2.54. The van der Waals surface area contributed by atoms with Crippen LogP contribution in [-0.2, 0) is 30.8 Å². The zero-order chi connectivity index (χ0) is 30.0. The minimum absolute atomic E-state index is 0.0200. The van der Waals surface area contributed by atoms with Gasteiger partial charge in [-0.3, -0.25) is 14.5 Å². The fraction of sp³-hybridized carbons (Fsp3) is 0.517. The molecule has 0 aliphatic carbocycles. The second-order valence-electron chi connectivity index (χ2n) is 10.7. The zero-order valence-electron chi connectivity index (χ0n) is 23.9. The van der Waals surface area contributed by atoms with Crippen LogP contribution in [-0.4, -0.2) is 99.2 Å². The van der Waals surface area contributed by atoms with Crippen LogP contribution in [0.15, 0.2) is 59.5 Å². The molecule has 2 aromatic rings. The third-order valence-electron chi connectivity index (χ3n) is 6.89. The Kier molecular flexibility index (Phi) is 12.1. The lowest BCUT2D eigenvalue weighted by atomic mass is 10.0. The van der Waals surface area contributed by atoms with Gasteiger partial charge in [0, 0.05) is 25.7 Å². The smallest absolute Gasteiger partial charge is 0.243 e. The van der Waals surface area contributed by atoms with Gasteiger partial charge < -0.3 is 25.6 Å². The predicted octanol–water partition coefficient (Wildman–Crippen LogP) is 1.01. The van der Waals surface area contributed by atoms with E-state index >= 15 is 0 Å². The largest absolute Gasteiger partial charge is 0.497 e. The average Bonchev–Trinajstić information content (AvgIpc) is 3.47. The Balaban J connectivity index is 1.82. The predicted molar refractivity (Wildman–Crippen MR) is 155 cm³/mol. The second kappa shape index (κ2) is 15.3. The van der Waals surface area contributed by atoms with Gasteiger partial charge in [-0.05, 0) is 48.6 Å². The van der Waals surface area contributed by atoms with Crippen molar-refractivity contribution in [1.29, 1.82) is 0 Å². The summed E-state index contributed by atoms with van der Waals surface area (Å²) in [5.74, 6) is -0.460. The molecule has 0 saturated carbocycles. The first kappa shape index (κ1) is 32.5. The first-order valence-corrected chi connectivity index (χ1v) is 15.2. The molecule has 0 aromatic heterocycles. The summed E-state index contributed by atoms with van der Waals surface area (Å²) in [6.07, 6.45) is -0.288. The first-order valence-electron chi connectivity index (χ1n) is 13.7. The van der Waals surface area contributed by atoms with E-state index in [1.165, 1.54) is 23.5 Å². The van der Waals surface area contributed by atoms with Crippen LogP contribution in [0.4, 0.5) is 0 Å². The number of carbonyl (C=O) groups excluding carboxylic acids is 2. The van der Waals surface area contributed by atoms with Crippen molar-refractivity contribution in [2.75, 3.05) is 46.5 Å². The van der Waals surface area contributed by atoms with Gasteiger partial charge in [0.2, 0.25) is 21.8 Å². The number of methoxy groups -OCH3 is 1. The van der Waals surface area contributed by atoms with Crippen molar-refractivity contribution in [3.05, 3.63) is 60.2 Å². The molecule has 4 N–H and O–H groups in total. The van der Waals surface area contributed by atoms with Gasteiger partial charge in [0.05, 0.1) is 43.8 Å². The number of benzene rings is 2. The molecule has 1 aliphatic heterocycles. The lowest BCUT2D eigenvalue weighted by Gasteiger charge is -2.32. The number of aliphatic hydroxyl groups is 1. The number of rotatable bonds is 16. The number of hydrogen-bond donors (Lipinski definition) is 3. The van der Waals surface area contributed by atoms with E-state index in [9.17, 15) is 23.1 Å². The number of ether oxygens (including phenoxy) is 2. The van der Waals surface area contributed by atoms with Crippen LogP contribution in [0.2, 0.25) is 0 Å². The molecule has 1 aliphatic rings. The van der Waals surface area contributed by atoms with Gasteiger partial charge in [-0.25, -0.2) is 8.42 Å². The van der Waals surface area contributed by atoms with Gasteiger partial charge in [-0.1, -0.05) is 44.2 Å². The first-order chi connectivity index (χ1) is 19.5. The Bertz CT molecular complexity index is 1220. The molecule has 11 nitrogen and oxygen atoms in total. The van der Waals surface area contributed by atoms with Gasteiger partial charge in [0.15, 0.2) is 0 Å². The Labute approximate surface area is 242 Å². The molecule has 2 amide bonds. The minimum atomic E-state index is -3.96. The Morgan fingerprint density at radius 2 is 1.78 bits per heavy atom. The molecule has 0 spiro atoms. The lowest BCUT2D eigenvalue weighted by molar-refractivity contribution is -0.126. The van der Waals surface area contributed by atoms with Crippen molar-refractivity contribution >= 4 is 21.8 Å². The number of sulfonamides is 1. The molecule has 2 aromatic carbocycles. The van der Waals surface area contributed by atoms with Crippen LogP contribution in [0, 0.1) is 5.92 Å². The number of primary amides is 1. The van der Waals surface area contributed by atoms with E-state index in [0.29, 0.717) is 25.4 Å². The number of aliphatic hydroxyl groups excluding tert-OH is 1. The van der Waals surface area contributed by atoms with Crippen molar-refractivity contribution in [2.24, 2.45) is 11.7 Å². The molecule has 1 heterocycles. The summed E-state index contributed by atoms with van der Waals surface area (Å²) in [5.41, 5.74) is 6.29. The van der Waals surface area contributed by atoms with Gasteiger partial charge in [-0.2, -0.15) is 4.31 Å². The molecule has 1 fully saturated rings. The fourth-order valence-electron chi connectivity index (χ4n) is 4.82.